The Morgan fingerprint density at radius 1 is 1.65 bits per heavy atom. The quantitative estimate of drug-likeness (QED) is 0.894. The summed E-state index contributed by atoms with van der Waals surface area (Å²) in [6.45, 7) is 0.248. The molecule has 2 heterocycles. The fourth-order valence-electron chi connectivity index (χ4n) is 1.34. The fraction of sp³-hybridized carbons (Fsp3) is 0.273. The summed E-state index contributed by atoms with van der Waals surface area (Å²) in [6, 6.07) is 1.80. The van der Waals surface area contributed by atoms with Gasteiger partial charge in [-0.1, -0.05) is 0 Å². The van der Waals surface area contributed by atoms with E-state index in [0.29, 0.717) is 12.2 Å². The van der Waals surface area contributed by atoms with Crippen molar-refractivity contribution in [2.75, 3.05) is 20.2 Å². The fourth-order valence-corrected chi connectivity index (χ4v) is 2.12. The number of aromatic nitrogens is 1. The van der Waals surface area contributed by atoms with E-state index < -0.39 is 0 Å². The Kier molecular flexibility index (Phi) is 3.55. The first-order valence-electron chi connectivity index (χ1n) is 5.07. The monoisotopic (exact) mass is 252 g/mol. The van der Waals surface area contributed by atoms with Crippen LogP contribution in [0.2, 0.25) is 0 Å². The van der Waals surface area contributed by atoms with Crippen LogP contribution in [0.1, 0.15) is 10.5 Å². The van der Waals surface area contributed by atoms with Gasteiger partial charge in [0, 0.05) is 24.5 Å². The molecule has 90 valence electrons. The highest BCUT2D eigenvalue weighted by molar-refractivity contribution is 7.13. The number of furan rings is 1. The number of carbonyl (C=O) groups is 1. The normalized spacial score (nSPS) is 10.5. The minimum absolute atomic E-state index is 0.0546. The van der Waals surface area contributed by atoms with Gasteiger partial charge in [0.05, 0.1) is 12.9 Å². The number of thiazole rings is 1. The predicted molar refractivity (Wildman–Crippen MR) is 63.9 cm³/mol. The van der Waals surface area contributed by atoms with E-state index in [1.807, 2.05) is 0 Å². The minimum atomic E-state index is -0.190. The van der Waals surface area contributed by atoms with Crippen LogP contribution in [0.4, 0.5) is 0 Å². The van der Waals surface area contributed by atoms with Gasteiger partial charge >= 0.3 is 0 Å². The molecule has 5 nitrogen and oxygen atoms in total. The van der Waals surface area contributed by atoms with Crippen LogP contribution < -0.4 is 0 Å². The summed E-state index contributed by atoms with van der Waals surface area (Å²) < 4.78 is 4.96. The molecule has 0 saturated carbocycles. The van der Waals surface area contributed by atoms with Crippen molar-refractivity contribution in [1.82, 2.24) is 9.88 Å². The maximum Gasteiger partial charge on any atom is 0.273 e. The number of hydrogen-bond acceptors (Lipinski definition) is 5. The highest BCUT2D eigenvalue weighted by Gasteiger charge is 2.15. The molecular weight excluding hydrogens is 240 g/mol. The van der Waals surface area contributed by atoms with E-state index in [1.54, 1.807) is 31.0 Å². The van der Waals surface area contributed by atoms with Gasteiger partial charge in [-0.15, -0.1) is 11.3 Å². The van der Waals surface area contributed by atoms with Gasteiger partial charge in [0.15, 0.2) is 0 Å². The Balaban J connectivity index is 2.16. The lowest BCUT2D eigenvalue weighted by Crippen LogP contribution is -2.29. The van der Waals surface area contributed by atoms with Gasteiger partial charge in [0.1, 0.15) is 17.0 Å². The van der Waals surface area contributed by atoms with Gasteiger partial charge in [-0.05, 0) is 6.07 Å². The highest BCUT2D eigenvalue weighted by atomic mass is 32.1. The first kappa shape index (κ1) is 11.8. The van der Waals surface area contributed by atoms with E-state index in [-0.39, 0.29) is 12.5 Å². The molecule has 0 aliphatic heterocycles. The second-order valence-corrected chi connectivity index (χ2v) is 4.36. The van der Waals surface area contributed by atoms with Crippen molar-refractivity contribution in [3.63, 3.8) is 0 Å². The zero-order chi connectivity index (χ0) is 12.3. The molecule has 2 aromatic rings. The topological polar surface area (TPSA) is 66.6 Å². The molecule has 6 heteroatoms. The molecule has 0 unspecified atom stereocenters. The van der Waals surface area contributed by atoms with Crippen molar-refractivity contribution >= 4 is 17.2 Å². The Morgan fingerprint density at radius 2 is 2.47 bits per heavy atom. The third-order valence-corrected chi connectivity index (χ3v) is 3.16. The standard InChI is InChI=1S/C11H12N2O3S/c1-13(3-4-14)11(15)9-7-17-10(12-9)8-2-5-16-6-8/h2,5-7,14H,3-4H2,1H3. The highest BCUT2D eigenvalue weighted by Crippen LogP contribution is 2.24. The van der Waals surface area contributed by atoms with Crippen molar-refractivity contribution < 1.29 is 14.3 Å². The van der Waals surface area contributed by atoms with Crippen LogP contribution in [0.25, 0.3) is 10.6 Å². The maximum atomic E-state index is 11.9. The summed E-state index contributed by atoms with van der Waals surface area (Å²) in [5, 5.41) is 11.2. The molecule has 0 aliphatic rings. The van der Waals surface area contributed by atoms with Gasteiger partial charge in [0.25, 0.3) is 5.91 Å². The van der Waals surface area contributed by atoms with E-state index in [1.165, 1.54) is 16.2 Å². The van der Waals surface area contributed by atoms with E-state index in [2.05, 4.69) is 4.98 Å². The Morgan fingerprint density at radius 3 is 3.12 bits per heavy atom. The maximum absolute atomic E-state index is 11.9. The molecule has 0 saturated heterocycles. The number of likely N-dealkylation sites (N-methyl/N-ethyl adjacent to an activating group) is 1. The number of carbonyl (C=O) groups excluding carboxylic acids is 1. The van der Waals surface area contributed by atoms with Crippen LogP contribution in [-0.4, -0.2) is 41.1 Å². The number of rotatable bonds is 4. The molecule has 17 heavy (non-hydrogen) atoms. The number of aliphatic hydroxyl groups excluding tert-OH is 1. The summed E-state index contributed by atoms with van der Waals surface area (Å²) in [4.78, 5) is 17.5. The second-order valence-electron chi connectivity index (χ2n) is 3.50. The molecule has 0 spiro atoms. The van der Waals surface area contributed by atoms with Crippen LogP contribution in [0.5, 0.6) is 0 Å². The molecule has 0 bridgehead atoms. The second kappa shape index (κ2) is 5.11. The zero-order valence-electron chi connectivity index (χ0n) is 9.29. The molecule has 2 aromatic heterocycles. The minimum Gasteiger partial charge on any atom is -0.472 e. The van der Waals surface area contributed by atoms with Crippen molar-refractivity contribution in [3.05, 3.63) is 29.7 Å². The molecule has 0 fully saturated rings. The van der Waals surface area contributed by atoms with Gasteiger partial charge in [-0.25, -0.2) is 4.98 Å². The van der Waals surface area contributed by atoms with E-state index in [0.717, 1.165) is 10.6 Å². The zero-order valence-corrected chi connectivity index (χ0v) is 10.1. The first-order valence-corrected chi connectivity index (χ1v) is 5.94. The molecule has 1 amide bonds. The lowest BCUT2D eigenvalue weighted by Gasteiger charge is -2.13. The predicted octanol–water partition coefficient (Wildman–Crippen LogP) is 1.47. The Hall–Kier alpha value is -1.66. The molecule has 0 aromatic carbocycles. The van der Waals surface area contributed by atoms with Crippen LogP contribution in [0.15, 0.2) is 28.4 Å². The average molecular weight is 252 g/mol. The molecule has 0 atom stereocenters. The molecule has 1 N–H and O–H groups in total. The van der Waals surface area contributed by atoms with E-state index in [4.69, 9.17) is 9.52 Å². The molecule has 0 aliphatic carbocycles. The summed E-state index contributed by atoms with van der Waals surface area (Å²) in [7, 11) is 1.63. The largest absolute Gasteiger partial charge is 0.472 e. The summed E-state index contributed by atoms with van der Waals surface area (Å²) in [5.41, 5.74) is 1.25. The lowest BCUT2D eigenvalue weighted by molar-refractivity contribution is 0.0762. The average Bonchev–Trinajstić information content (AvgIpc) is 2.98. The van der Waals surface area contributed by atoms with Gasteiger partial charge in [-0.2, -0.15) is 0 Å². The molecule has 2 rings (SSSR count). The van der Waals surface area contributed by atoms with Crippen LogP contribution in [0.3, 0.4) is 0 Å². The smallest absolute Gasteiger partial charge is 0.273 e. The Bertz CT molecular complexity index is 493. The van der Waals surface area contributed by atoms with E-state index >= 15 is 0 Å². The number of nitrogens with zero attached hydrogens (tertiary/aromatic N) is 2. The molecule has 0 radical (unpaired) electrons. The number of amides is 1. The summed E-state index contributed by atoms with van der Waals surface area (Å²) in [6.07, 6.45) is 3.15. The third kappa shape index (κ3) is 2.54. The number of hydrogen-bond donors (Lipinski definition) is 1. The summed E-state index contributed by atoms with van der Waals surface area (Å²) in [5.74, 6) is -0.190. The Labute approximate surface area is 102 Å². The van der Waals surface area contributed by atoms with Crippen LogP contribution >= 0.6 is 11.3 Å². The first-order chi connectivity index (χ1) is 8.22. The van der Waals surface area contributed by atoms with Crippen molar-refractivity contribution in [2.45, 2.75) is 0 Å². The van der Waals surface area contributed by atoms with Crippen molar-refractivity contribution in [3.8, 4) is 10.6 Å². The van der Waals surface area contributed by atoms with Gasteiger partial charge < -0.3 is 14.4 Å². The van der Waals surface area contributed by atoms with E-state index in [9.17, 15) is 4.79 Å². The van der Waals surface area contributed by atoms with Gasteiger partial charge in [-0.3, -0.25) is 4.79 Å². The van der Waals surface area contributed by atoms with Crippen molar-refractivity contribution in [2.24, 2.45) is 0 Å². The molecular formula is C11H12N2O3S. The van der Waals surface area contributed by atoms with Crippen LogP contribution in [-0.2, 0) is 0 Å². The van der Waals surface area contributed by atoms with Crippen molar-refractivity contribution in [1.29, 1.82) is 0 Å². The lowest BCUT2D eigenvalue weighted by atomic mass is 10.3. The third-order valence-electron chi connectivity index (χ3n) is 2.27. The van der Waals surface area contributed by atoms with Crippen LogP contribution in [0, 0.1) is 0 Å². The number of aliphatic hydroxyl groups is 1. The SMILES string of the molecule is CN(CCO)C(=O)c1csc(-c2ccoc2)n1. The van der Waals surface area contributed by atoms with Gasteiger partial charge in [0.2, 0.25) is 0 Å². The summed E-state index contributed by atoms with van der Waals surface area (Å²) >= 11 is 1.39.